The zero-order chi connectivity index (χ0) is 37.3. The van der Waals surface area contributed by atoms with Gasteiger partial charge in [0.25, 0.3) is 5.91 Å². The maximum atomic E-state index is 12.4. The van der Waals surface area contributed by atoms with E-state index in [9.17, 15) is 19.2 Å². The number of hydrogen-bond donors (Lipinski definition) is 1. The molecule has 1 aliphatic heterocycles. The number of hydrogen-bond acceptors (Lipinski definition) is 8. The van der Waals surface area contributed by atoms with Crippen LogP contribution in [0.15, 0.2) is 0 Å². The van der Waals surface area contributed by atoms with E-state index in [1.165, 1.54) is 55.4 Å². The number of Topliss-reactive ketones (excluding diaryl/α,β-unsaturated/α-hetero) is 1. The normalized spacial score (nSPS) is 12.0. The molecule has 1 N–H and O–H groups in total. The van der Waals surface area contributed by atoms with Crippen LogP contribution in [0.3, 0.4) is 0 Å². The van der Waals surface area contributed by atoms with Crippen LogP contribution in [0.1, 0.15) is 169 Å². The lowest BCUT2D eigenvalue weighted by Gasteiger charge is -2.22. The molecule has 286 valence electrons. The third-order valence-electron chi connectivity index (χ3n) is 8.06. The minimum atomic E-state index is -0.0658. The Hall–Kier alpha value is -2.10. The van der Waals surface area contributed by atoms with Gasteiger partial charge in [0.2, 0.25) is 0 Å². The summed E-state index contributed by atoms with van der Waals surface area (Å²) in [5, 5.41) is 3.07. The van der Waals surface area contributed by atoms with Crippen LogP contribution in [0.25, 0.3) is 0 Å². The second kappa shape index (κ2) is 34.4. The summed E-state index contributed by atoms with van der Waals surface area (Å²) >= 11 is 1.78. The number of ether oxygens (including phenoxy) is 1. The number of aldehydes is 1. The van der Waals surface area contributed by atoms with Crippen molar-refractivity contribution in [1.29, 1.82) is 0 Å². The van der Waals surface area contributed by atoms with Crippen molar-refractivity contribution in [1.82, 2.24) is 15.1 Å². The van der Waals surface area contributed by atoms with Crippen molar-refractivity contribution in [2.45, 2.75) is 164 Å². The maximum absolute atomic E-state index is 12.4. The summed E-state index contributed by atoms with van der Waals surface area (Å²) in [6.45, 7) is 16.4. The molecule has 1 aromatic heterocycles. The van der Waals surface area contributed by atoms with Crippen LogP contribution in [0.2, 0.25) is 0 Å². The number of rotatable bonds is 23. The molecule has 2 rings (SSSR count). The predicted molar refractivity (Wildman–Crippen MR) is 209 cm³/mol. The Morgan fingerprint density at radius 3 is 2.10 bits per heavy atom. The first kappa shape index (κ1) is 49.0. The Morgan fingerprint density at radius 2 is 1.47 bits per heavy atom. The van der Waals surface area contributed by atoms with E-state index < -0.39 is 0 Å². The third-order valence-corrected chi connectivity index (χ3v) is 9.20. The second-order valence-electron chi connectivity index (χ2n) is 13.1. The summed E-state index contributed by atoms with van der Waals surface area (Å²) in [6, 6.07) is 0. The van der Waals surface area contributed by atoms with Gasteiger partial charge in [-0.1, -0.05) is 85.5 Å². The molecule has 1 amide bonds. The highest BCUT2D eigenvalue weighted by molar-refractivity contribution is 7.12. The molecular weight excluding hydrogens is 635 g/mol. The number of amides is 1. The maximum Gasteiger partial charge on any atom is 0.305 e. The predicted octanol–water partition coefficient (Wildman–Crippen LogP) is 9.34. The van der Waals surface area contributed by atoms with Gasteiger partial charge in [0, 0.05) is 48.7 Å². The molecule has 0 unspecified atom stereocenters. The number of likely N-dealkylation sites (N-methyl/N-ethyl adjacent to an activating group) is 1. The molecule has 1 aromatic rings. The monoisotopic (exact) mass is 710 g/mol. The van der Waals surface area contributed by atoms with Crippen molar-refractivity contribution >= 4 is 35.3 Å². The van der Waals surface area contributed by atoms with Crippen LogP contribution < -0.4 is 5.32 Å². The minimum absolute atomic E-state index is 0.0658. The summed E-state index contributed by atoms with van der Waals surface area (Å²) < 4.78 is 5.18. The lowest BCUT2D eigenvalue weighted by atomic mass is 10.0. The molecule has 0 bridgehead atoms. The molecule has 0 aromatic carbocycles. The van der Waals surface area contributed by atoms with Crippen molar-refractivity contribution in [3.8, 4) is 0 Å². The van der Waals surface area contributed by atoms with Crippen LogP contribution >= 0.6 is 11.3 Å². The van der Waals surface area contributed by atoms with Gasteiger partial charge >= 0.3 is 5.97 Å². The number of esters is 1. The zero-order valence-electron chi connectivity index (χ0n) is 33.2. The lowest BCUT2D eigenvalue weighted by Crippen LogP contribution is -2.30. The van der Waals surface area contributed by atoms with Gasteiger partial charge in [-0.15, -0.1) is 11.3 Å². The molecule has 0 spiro atoms. The fourth-order valence-corrected chi connectivity index (χ4v) is 6.57. The molecule has 0 aliphatic carbocycles. The van der Waals surface area contributed by atoms with Gasteiger partial charge in [-0.25, -0.2) is 0 Å². The Kier molecular flexibility index (Phi) is 34.4. The summed E-state index contributed by atoms with van der Waals surface area (Å²) in [7, 11) is 6.24. The number of unbranched alkanes of at least 4 members (excludes halogenated alkanes) is 11. The Morgan fingerprint density at radius 1 is 0.878 bits per heavy atom. The summed E-state index contributed by atoms with van der Waals surface area (Å²) in [5.41, 5.74) is 2.23. The quantitative estimate of drug-likeness (QED) is 0.0687. The highest BCUT2D eigenvalue weighted by Crippen LogP contribution is 2.32. The van der Waals surface area contributed by atoms with Gasteiger partial charge in [0.1, 0.15) is 12.1 Å². The largest absolute Gasteiger partial charge is 0.466 e. The first-order chi connectivity index (χ1) is 23.6. The van der Waals surface area contributed by atoms with E-state index in [0.717, 1.165) is 101 Å². The molecule has 8 nitrogen and oxygen atoms in total. The standard InChI is InChI=1S/C16H30O3.C15H25N3OS.C7H14O.C2H6/c1-2-3-4-5-9-12-15-19-16(18)13-10-7-6-8-11-14-17;1-11-14(15(19)16-7-5-8-17(2)3)12-6-9-18(4)10-13(12)20-11;1-3-4-5-6-7(2)8;1-2/h14H,2-13,15H2,1H3;5-10H2,1-4H3,(H,16,19);3-6H2,1-2H3;1-2H3. The van der Waals surface area contributed by atoms with E-state index >= 15 is 0 Å². The fraction of sp³-hybridized carbons (Fsp3) is 0.800. The van der Waals surface area contributed by atoms with Crippen molar-refractivity contribution < 1.29 is 23.9 Å². The number of fused-ring (bicyclic) bond motifs is 1. The average molecular weight is 710 g/mol. The summed E-state index contributed by atoms with van der Waals surface area (Å²) in [5.74, 6) is 0.366. The molecule has 0 saturated carbocycles. The minimum Gasteiger partial charge on any atom is -0.466 e. The number of nitrogens with zero attached hydrogens (tertiary/aromatic N) is 2. The first-order valence-electron chi connectivity index (χ1n) is 19.4. The van der Waals surface area contributed by atoms with Crippen LogP contribution in [0.5, 0.6) is 0 Å². The number of ketones is 1. The third kappa shape index (κ3) is 28.3. The van der Waals surface area contributed by atoms with Crippen molar-refractivity contribution in [3.63, 3.8) is 0 Å². The van der Waals surface area contributed by atoms with Crippen molar-refractivity contribution in [2.24, 2.45) is 0 Å². The number of nitrogens with one attached hydrogen (secondary N) is 1. The van der Waals surface area contributed by atoms with E-state index in [2.05, 4.69) is 57.0 Å². The molecular formula is C40H75N3O5S. The van der Waals surface area contributed by atoms with Gasteiger partial charge in [-0.05, 0) is 85.6 Å². The smallest absolute Gasteiger partial charge is 0.305 e. The molecule has 2 heterocycles. The second-order valence-corrected chi connectivity index (χ2v) is 14.4. The highest BCUT2D eigenvalue weighted by atomic mass is 32.1. The topological polar surface area (TPSA) is 96.0 Å². The molecule has 49 heavy (non-hydrogen) atoms. The number of carbonyl (C=O) groups excluding carboxylic acids is 4. The van der Waals surface area contributed by atoms with E-state index in [-0.39, 0.29) is 11.9 Å². The first-order valence-corrected chi connectivity index (χ1v) is 20.2. The molecule has 0 atom stereocenters. The summed E-state index contributed by atoms with van der Waals surface area (Å²) in [6.07, 6.45) is 19.5. The number of aryl methyl sites for hydroxylation is 1. The SMILES string of the molecule is CC.CCCCCC(C)=O.CCCCCCCCOC(=O)CCCCCCC=O.Cc1sc2c(c1C(=O)NCCCN(C)C)CCN(C)C2. The van der Waals surface area contributed by atoms with E-state index in [4.69, 9.17) is 4.74 Å². The van der Waals surface area contributed by atoms with Crippen LogP contribution in [0.4, 0.5) is 0 Å². The molecule has 0 saturated heterocycles. The van der Waals surface area contributed by atoms with Gasteiger partial charge < -0.3 is 29.4 Å². The Bertz CT molecular complexity index is 979. The number of thiophene rings is 1. The van der Waals surface area contributed by atoms with E-state index in [1.54, 1.807) is 18.3 Å². The van der Waals surface area contributed by atoms with Gasteiger partial charge in [-0.3, -0.25) is 9.59 Å². The van der Waals surface area contributed by atoms with Crippen LogP contribution in [0, 0.1) is 6.92 Å². The van der Waals surface area contributed by atoms with E-state index in [0.29, 0.717) is 25.2 Å². The van der Waals surface area contributed by atoms with Crippen LogP contribution in [-0.4, -0.2) is 81.1 Å². The number of carbonyl (C=O) groups is 4. The Balaban J connectivity index is 0. The zero-order valence-corrected chi connectivity index (χ0v) is 34.0. The molecule has 9 heteroatoms. The van der Waals surface area contributed by atoms with Gasteiger partial charge in [0.15, 0.2) is 0 Å². The highest BCUT2D eigenvalue weighted by Gasteiger charge is 2.24. The molecule has 1 aliphatic rings. The van der Waals surface area contributed by atoms with E-state index in [1.807, 2.05) is 13.8 Å². The molecule has 0 radical (unpaired) electrons. The average Bonchev–Trinajstić information content (AvgIpc) is 3.40. The van der Waals surface area contributed by atoms with Crippen molar-refractivity contribution in [3.05, 3.63) is 20.9 Å². The van der Waals surface area contributed by atoms with Crippen molar-refractivity contribution in [2.75, 3.05) is 47.4 Å². The van der Waals surface area contributed by atoms with Gasteiger partial charge in [0.05, 0.1) is 12.2 Å². The fourth-order valence-electron chi connectivity index (χ4n) is 5.27. The summed E-state index contributed by atoms with van der Waals surface area (Å²) in [4.78, 5) is 51.2. The lowest BCUT2D eigenvalue weighted by molar-refractivity contribution is -0.144. The van der Waals surface area contributed by atoms with Gasteiger partial charge in [-0.2, -0.15) is 0 Å². The van der Waals surface area contributed by atoms with Crippen LogP contribution in [-0.2, 0) is 32.1 Å². The Labute approximate surface area is 305 Å². The molecule has 0 fully saturated rings.